The van der Waals surface area contributed by atoms with Crippen molar-refractivity contribution >= 4 is 11.6 Å². The fraction of sp³-hybridized carbons (Fsp3) is 0.533. The predicted octanol–water partition coefficient (Wildman–Crippen LogP) is 1.83. The zero-order valence-electron chi connectivity index (χ0n) is 12.2. The van der Waals surface area contributed by atoms with E-state index in [9.17, 15) is 13.6 Å². The quantitative estimate of drug-likeness (QED) is 0.871. The van der Waals surface area contributed by atoms with Crippen LogP contribution in [0.5, 0.6) is 0 Å². The summed E-state index contributed by atoms with van der Waals surface area (Å²) in [4.78, 5) is 14.0. The number of halogens is 2. The second kappa shape index (κ2) is 7.47. The van der Waals surface area contributed by atoms with Crippen LogP contribution in [0.15, 0.2) is 18.2 Å². The van der Waals surface area contributed by atoms with Crippen LogP contribution in [-0.4, -0.2) is 44.0 Å². The zero-order valence-corrected chi connectivity index (χ0v) is 12.2. The monoisotopic (exact) mass is 297 g/mol. The van der Waals surface area contributed by atoms with E-state index in [0.29, 0.717) is 5.92 Å². The minimum absolute atomic E-state index is 0.155. The third kappa shape index (κ3) is 5.06. The molecule has 0 spiro atoms. The molecule has 2 N–H and O–H groups in total. The lowest BCUT2D eigenvalue weighted by atomic mass is 9.97. The van der Waals surface area contributed by atoms with Crippen molar-refractivity contribution in [3.05, 3.63) is 29.8 Å². The molecule has 6 heteroatoms. The Labute approximate surface area is 123 Å². The minimum atomic E-state index is -0.696. The summed E-state index contributed by atoms with van der Waals surface area (Å²) in [5, 5.41) is 5.70. The van der Waals surface area contributed by atoms with Gasteiger partial charge in [-0.1, -0.05) is 0 Å². The van der Waals surface area contributed by atoms with Gasteiger partial charge in [-0.25, -0.2) is 8.78 Å². The van der Waals surface area contributed by atoms with E-state index < -0.39 is 11.6 Å². The summed E-state index contributed by atoms with van der Waals surface area (Å²) in [5.41, 5.74) is 0.155. The van der Waals surface area contributed by atoms with Crippen molar-refractivity contribution in [1.29, 1.82) is 0 Å². The molecule has 1 fully saturated rings. The van der Waals surface area contributed by atoms with Gasteiger partial charge < -0.3 is 10.6 Å². The third-order valence-electron chi connectivity index (χ3n) is 3.71. The Morgan fingerprint density at radius 1 is 1.24 bits per heavy atom. The zero-order chi connectivity index (χ0) is 15.2. The Kier molecular flexibility index (Phi) is 5.64. The molecule has 1 aliphatic rings. The highest BCUT2D eigenvalue weighted by atomic mass is 19.1. The Bertz CT molecular complexity index is 468. The van der Waals surface area contributed by atoms with Crippen LogP contribution in [0.4, 0.5) is 14.5 Å². The SMILES string of the molecule is CNCC1CCN(CC(=O)Nc2cc(F)cc(F)c2)CC1. The number of carbonyl (C=O) groups excluding carboxylic acids is 1. The molecule has 4 nitrogen and oxygen atoms in total. The largest absolute Gasteiger partial charge is 0.325 e. The summed E-state index contributed by atoms with van der Waals surface area (Å²) >= 11 is 0. The smallest absolute Gasteiger partial charge is 0.238 e. The second-order valence-corrected chi connectivity index (χ2v) is 5.48. The van der Waals surface area contributed by atoms with E-state index in [0.717, 1.165) is 50.7 Å². The number of hydrogen-bond donors (Lipinski definition) is 2. The maximum absolute atomic E-state index is 13.0. The number of likely N-dealkylation sites (tertiary alicyclic amines) is 1. The van der Waals surface area contributed by atoms with Crippen molar-refractivity contribution in [3.8, 4) is 0 Å². The first-order valence-electron chi connectivity index (χ1n) is 7.19. The molecule has 0 aromatic heterocycles. The molecule has 21 heavy (non-hydrogen) atoms. The van der Waals surface area contributed by atoms with Crippen LogP contribution in [0.1, 0.15) is 12.8 Å². The van der Waals surface area contributed by atoms with Crippen LogP contribution < -0.4 is 10.6 Å². The lowest BCUT2D eigenvalue weighted by molar-refractivity contribution is -0.117. The molecule has 1 heterocycles. The van der Waals surface area contributed by atoms with Crippen molar-refractivity contribution in [3.63, 3.8) is 0 Å². The molecule has 1 aliphatic heterocycles. The number of amides is 1. The maximum atomic E-state index is 13.0. The van der Waals surface area contributed by atoms with Crippen LogP contribution in [0.2, 0.25) is 0 Å². The Hall–Kier alpha value is -1.53. The van der Waals surface area contributed by atoms with E-state index in [2.05, 4.69) is 15.5 Å². The molecule has 1 aromatic rings. The van der Waals surface area contributed by atoms with Crippen LogP contribution >= 0.6 is 0 Å². The molecule has 2 rings (SSSR count). The lowest BCUT2D eigenvalue weighted by Gasteiger charge is -2.31. The van der Waals surface area contributed by atoms with Gasteiger partial charge in [-0.2, -0.15) is 0 Å². The Balaban J connectivity index is 1.80. The highest BCUT2D eigenvalue weighted by molar-refractivity contribution is 5.92. The number of anilines is 1. The van der Waals surface area contributed by atoms with Gasteiger partial charge in [-0.05, 0) is 57.6 Å². The van der Waals surface area contributed by atoms with Crippen molar-refractivity contribution in [2.45, 2.75) is 12.8 Å². The van der Waals surface area contributed by atoms with Crippen LogP contribution in [0.25, 0.3) is 0 Å². The van der Waals surface area contributed by atoms with Crippen molar-refractivity contribution in [2.24, 2.45) is 5.92 Å². The van der Waals surface area contributed by atoms with Gasteiger partial charge in [0.1, 0.15) is 11.6 Å². The summed E-state index contributed by atoms with van der Waals surface area (Å²) in [6.07, 6.45) is 2.12. The predicted molar refractivity (Wildman–Crippen MR) is 78.1 cm³/mol. The molecular weight excluding hydrogens is 276 g/mol. The van der Waals surface area contributed by atoms with Gasteiger partial charge in [-0.3, -0.25) is 9.69 Å². The van der Waals surface area contributed by atoms with Crippen LogP contribution in [0, 0.1) is 17.6 Å². The van der Waals surface area contributed by atoms with E-state index in [-0.39, 0.29) is 18.1 Å². The number of benzene rings is 1. The minimum Gasteiger partial charge on any atom is -0.325 e. The Morgan fingerprint density at radius 2 is 1.86 bits per heavy atom. The van der Waals surface area contributed by atoms with Crippen molar-refractivity contribution in [2.75, 3.05) is 38.5 Å². The summed E-state index contributed by atoms with van der Waals surface area (Å²) in [7, 11) is 1.94. The van der Waals surface area contributed by atoms with E-state index in [1.54, 1.807) is 0 Å². The summed E-state index contributed by atoms with van der Waals surface area (Å²) in [6, 6.07) is 3.00. The molecule has 1 amide bonds. The fourth-order valence-corrected chi connectivity index (χ4v) is 2.67. The topological polar surface area (TPSA) is 44.4 Å². The normalized spacial score (nSPS) is 16.9. The molecule has 0 aliphatic carbocycles. The highest BCUT2D eigenvalue weighted by Gasteiger charge is 2.20. The summed E-state index contributed by atoms with van der Waals surface area (Å²) < 4.78 is 26.1. The molecular formula is C15H21F2N3O. The van der Waals surface area contributed by atoms with E-state index in [1.165, 1.54) is 0 Å². The van der Waals surface area contributed by atoms with E-state index >= 15 is 0 Å². The average molecular weight is 297 g/mol. The lowest BCUT2D eigenvalue weighted by Crippen LogP contribution is -2.40. The first-order valence-corrected chi connectivity index (χ1v) is 7.19. The van der Waals surface area contributed by atoms with Crippen LogP contribution in [-0.2, 0) is 4.79 Å². The third-order valence-corrected chi connectivity index (χ3v) is 3.71. The first kappa shape index (κ1) is 15.9. The van der Waals surface area contributed by atoms with Gasteiger partial charge in [-0.15, -0.1) is 0 Å². The van der Waals surface area contributed by atoms with Gasteiger partial charge in [0.15, 0.2) is 0 Å². The van der Waals surface area contributed by atoms with E-state index in [4.69, 9.17) is 0 Å². The van der Waals surface area contributed by atoms with Crippen LogP contribution in [0.3, 0.4) is 0 Å². The maximum Gasteiger partial charge on any atom is 0.238 e. The molecule has 1 saturated heterocycles. The second-order valence-electron chi connectivity index (χ2n) is 5.48. The molecule has 1 aromatic carbocycles. The summed E-state index contributed by atoms with van der Waals surface area (Å²) in [5.74, 6) is -0.977. The number of nitrogens with one attached hydrogen (secondary N) is 2. The average Bonchev–Trinajstić information content (AvgIpc) is 2.40. The molecule has 0 unspecified atom stereocenters. The van der Waals surface area contributed by atoms with Gasteiger partial charge in [0.25, 0.3) is 0 Å². The van der Waals surface area contributed by atoms with Crippen molar-refractivity contribution in [1.82, 2.24) is 10.2 Å². The van der Waals surface area contributed by atoms with Gasteiger partial charge in [0, 0.05) is 11.8 Å². The molecule has 0 radical (unpaired) electrons. The number of piperidine rings is 1. The number of nitrogens with zero attached hydrogens (tertiary/aromatic N) is 1. The van der Waals surface area contributed by atoms with E-state index in [1.807, 2.05) is 7.05 Å². The summed E-state index contributed by atoms with van der Waals surface area (Å²) in [6.45, 7) is 3.00. The molecule has 116 valence electrons. The number of hydrogen-bond acceptors (Lipinski definition) is 3. The number of rotatable bonds is 5. The fourth-order valence-electron chi connectivity index (χ4n) is 2.67. The molecule has 0 bridgehead atoms. The van der Waals surface area contributed by atoms with Gasteiger partial charge in [0.2, 0.25) is 5.91 Å². The standard InChI is InChI=1S/C15H21F2N3O/c1-18-9-11-2-4-20(5-3-11)10-15(21)19-14-7-12(16)6-13(17)8-14/h6-8,11,18H,2-5,9-10H2,1H3,(H,19,21). The highest BCUT2D eigenvalue weighted by Crippen LogP contribution is 2.17. The number of carbonyl (C=O) groups is 1. The first-order chi connectivity index (χ1) is 10.1. The molecule has 0 saturated carbocycles. The molecule has 0 atom stereocenters. The van der Waals surface area contributed by atoms with Gasteiger partial charge >= 0.3 is 0 Å². The Morgan fingerprint density at radius 3 is 2.43 bits per heavy atom. The van der Waals surface area contributed by atoms with Gasteiger partial charge in [0.05, 0.1) is 6.54 Å². The van der Waals surface area contributed by atoms with Crippen molar-refractivity contribution < 1.29 is 13.6 Å².